The van der Waals surface area contributed by atoms with Crippen LogP contribution in [0.5, 0.6) is 0 Å². The van der Waals surface area contributed by atoms with Crippen molar-refractivity contribution in [1.82, 2.24) is 15.1 Å². The molecular weight excluding hydrogens is 234 g/mol. The molecule has 2 N–H and O–H groups in total. The van der Waals surface area contributed by atoms with Gasteiger partial charge >= 0.3 is 5.97 Å². The molecule has 1 heterocycles. The van der Waals surface area contributed by atoms with Crippen LogP contribution in [0.25, 0.3) is 0 Å². The second-order valence-corrected chi connectivity index (χ2v) is 5.49. The lowest BCUT2D eigenvalue weighted by Crippen LogP contribution is -2.55. The Morgan fingerprint density at radius 3 is 2.56 bits per heavy atom. The Kier molecular flexibility index (Phi) is 3.59. The molecule has 1 unspecified atom stereocenters. The van der Waals surface area contributed by atoms with Gasteiger partial charge in [0.1, 0.15) is 5.41 Å². The molecule has 1 aliphatic carbocycles. The normalized spacial score (nSPS) is 27.8. The second kappa shape index (κ2) is 4.85. The molecule has 1 aliphatic heterocycles. The number of hydrogen-bond acceptors (Lipinski definition) is 4. The van der Waals surface area contributed by atoms with Crippen molar-refractivity contribution in [3.05, 3.63) is 0 Å². The third-order valence-electron chi connectivity index (χ3n) is 4.07. The average molecular weight is 255 g/mol. The molecule has 1 atom stereocenters. The van der Waals surface area contributed by atoms with Gasteiger partial charge in [-0.05, 0) is 26.9 Å². The van der Waals surface area contributed by atoms with Gasteiger partial charge in [-0.3, -0.25) is 14.5 Å². The predicted octanol–water partition coefficient (Wildman–Crippen LogP) is -0.787. The zero-order valence-corrected chi connectivity index (χ0v) is 11.0. The van der Waals surface area contributed by atoms with Crippen LogP contribution in [0, 0.1) is 5.41 Å². The molecule has 2 rings (SSSR count). The molecule has 1 saturated carbocycles. The van der Waals surface area contributed by atoms with Gasteiger partial charge in [0.05, 0.1) is 0 Å². The van der Waals surface area contributed by atoms with Gasteiger partial charge in [0.25, 0.3) is 0 Å². The van der Waals surface area contributed by atoms with Gasteiger partial charge in [-0.2, -0.15) is 0 Å². The number of carboxylic acids is 1. The van der Waals surface area contributed by atoms with Crippen LogP contribution in [0.15, 0.2) is 0 Å². The number of likely N-dealkylation sites (N-methyl/N-ethyl adjacent to an activating group) is 2. The molecule has 6 heteroatoms. The monoisotopic (exact) mass is 255 g/mol. The first-order chi connectivity index (χ1) is 8.45. The summed E-state index contributed by atoms with van der Waals surface area (Å²) in [5.41, 5.74) is -1.13. The van der Waals surface area contributed by atoms with E-state index in [4.69, 9.17) is 5.11 Å². The van der Waals surface area contributed by atoms with Crippen molar-refractivity contribution in [1.29, 1.82) is 0 Å². The predicted molar refractivity (Wildman–Crippen MR) is 66.2 cm³/mol. The highest BCUT2D eigenvalue weighted by atomic mass is 16.4. The number of carboxylic acid groups (broad SMARTS) is 1. The first-order valence-electron chi connectivity index (χ1n) is 6.36. The van der Waals surface area contributed by atoms with Crippen LogP contribution >= 0.6 is 0 Å². The lowest BCUT2D eigenvalue weighted by molar-refractivity contribution is -0.149. The average Bonchev–Trinajstić information content (AvgIpc) is 3.11. The summed E-state index contributed by atoms with van der Waals surface area (Å²) in [4.78, 5) is 27.3. The molecule has 6 nitrogen and oxygen atoms in total. The zero-order valence-electron chi connectivity index (χ0n) is 11.0. The molecule has 1 amide bonds. The molecule has 18 heavy (non-hydrogen) atoms. The quantitative estimate of drug-likeness (QED) is 0.644. The standard InChI is InChI=1S/C12H21N3O3/c1-14-5-6-15(2)9(8-14)7-13-10(16)12(3-4-12)11(17)18/h9H,3-8H2,1-2H3,(H,13,16)(H,17,18). The van der Waals surface area contributed by atoms with Gasteiger partial charge in [0.2, 0.25) is 5.91 Å². The Balaban J connectivity index is 1.84. The van der Waals surface area contributed by atoms with Crippen LogP contribution in [0.4, 0.5) is 0 Å². The van der Waals surface area contributed by atoms with E-state index in [-0.39, 0.29) is 11.9 Å². The third-order valence-corrected chi connectivity index (χ3v) is 4.07. The van der Waals surface area contributed by atoms with Crippen LogP contribution < -0.4 is 5.32 Å². The lowest BCUT2D eigenvalue weighted by atomic mass is 10.1. The molecule has 0 bridgehead atoms. The number of nitrogens with zero attached hydrogens (tertiary/aromatic N) is 2. The highest BCUT2D eigenvalue weighted by Gasteiger charge is 2.57. The van der Waals surface area contributed by atoms with Gasteiger partial charge in [-0.25, -0.2) is 0 Å². The first-order valence-corrected chi connectivity index (χ1v) is 6.36. The van der Waals surface area contributed by atoms with E-state index in [1.165, 1.54) is 0 Å². The van der Waals surface area contributed by atoms with E-state index >= 15 is 0 Å². The minimum Gasteiger partial charge on any atom is -0.480 e. The molecule has 102 valence electrons. The van der Waals surface area contributed by atoms with Gasteiger partial charge < -0.3 is 15.3 Å². The van der Waals surface area contributed by atoms with E-state index in [9.17, 15) is 9.59 Å². The Morgan fingerprint density at radius 2 is 2.00 bits per heavy atom. The van der Waals surface area contributed by atoms with E-state index in [0.717, 1.165) is 19.6 Å². The lowest BCUT2D eigenvalue weighted by Gasteiger charge is -2.37. The van der Waals surface area contributed by atoms with Crippen LogP contribution in [-0.4, -0.2) is 73.1 Å². The van der Waals surface area contributed by atoms with Crippen LogP contribution in [0.2, 0.25) is 0 Å². The van der Waals surface area contributed by atoms with Crippen molar-refractivity contribution in [2.75, 3.05) is 40.3 Å². The molecule has 0 radical (unpaired) electrons. The van der Waals surface area contributed by atoms with Gasteiger partial charge in [-0.1, -0.05) is 0 Å². The van der Waals surface area contributed by atoms with Crippen LogP contribution in [-0.2, 0) is 9.59 Å². The first kappa shape index (κ1) is 13.3. The summed E-state index contributed by atoms with van der Waals surface area (Å²) in [6.07, 6.45) is 0.934. The summed E-state index contributed by atoms with van der Waals surface area (Å²) in [6.45, 7) is 3.42. The van der Waals surface area contributed by atoms with E-state index in [1.54, 1.807) is 0 Å². The fourth-order valence-electron chi connectivity index (χ4n) is 2.36. The van der Waals surface area contributed by atoms with E-state index in [1.807, 2.05) is 7.05 Å². The fourth-order valence-corrected chi connectivity index (χ4v) is 2.36. The Morgan fingerprint density at radius 1 is 1.33 bits per heavy atom. The molecule has 2 aliphatic rings. The molecule has 0 aromatic carbocycles. The van der Waals surface area contributed by atoms with Gasteiger partial charge in [-0.15, -0.1) is 0 Å². The maximum atomic E-state index is 11.9. The fraction of sp³-hybridized carbons (Fsp3) is 0.833. The maximum absolute atomic E-state index is 11.9. The number of rotatable bonds is 4. The van der Waals surface area contributed by atoms with Crippen molar-refractivity contribution in [3.63, 3.8) is 0 Å². The molecule has 1 saturated heterocycles. The molecule has 0 aromatic rings. The molecular formula is C12H21N3O3. The molecule has 0 spiro atoms. The van der Waals surface area contributed by atoms with E-state index in [0.29, 0.717) is 19.4 Å². The number of nitrogens with one attached hydrogen (secondary N) is 1. The topological polar surface area (TPSA) is 72.9 Å². The number of aliphatic carboxylic acids is 1. The largest absolute Gasteiger partial charge is 0.480 e. The number of carbonyl (C=O) groups excluding carboxylic acids is 1. The number of carbonyl (C=O) groups is 2. The van der Waals surface area contributed by atoms with Crippen molar-refractivity contribution in [2.24, 2.45) is 5.41 Å². The highest BCUT2D eigenvalue weighted by Crippen LogP contribution is 2.46. The van der Waals surface area contributed by atoms with Crippen molar-refractivity contribution >= 4 is 11.9 Å². The summed E-state index contributed by atoms with van der Waals surface area (Å²) >= 11 is 0. The Hall–Kier alpha value is -1.14. The summed E-state index contributed by atoms with van der Waals surface area (Å²) in [5, 5.41) is 11.8. The van der Waals surface area contributed by atoms with Crippen molar-refractivity contribution in [3.8, 4) is 0 Å². The Bertz CT molecular complexity index is 354. The number of piperazine rings is 1. The highest BCUT2D eigenvalue weighted by molar-refractivity contribution is 6.04. The summed E-state index contributed by atoms with van der Waals surface area (Å²) in [6, 6.07) is 0.261. The van der Waals surface area contributed by atoms with E-state index < -0.39 is 11.4 Å². The summed E-state index contributed by atoms with van der Waals surface area (Å²) in [7, 11) is 4.09. The van der Waals surface area contributed by atoms with Gasteiger partial charge in [0, 0.05) is 32.2 Å². The van der Waals surface area contributed by atoms with Crippen molar-refractivity contribution < 1.29 is 14.7 Å². The van der Waals surface area contributed by atoms with Crippen molar-refractivity contribution in [2.45, 2.75) is 18.9 Å². The summed E-state index contributed by atoms with van der Waals surface area (Å²) in [5.74, 6) is -1.31. The molecule has 0 aromatic heterocycles. The smallest absolute Gasteiger partial charge is 0.319 e. The minimum atomic E-state index is -1.13. The minimum absolute atomic E-state index is 0.261. The summed E-state index contributed by atoms with van der Waals surface area (Å²) < 4.78 is 0. The number of hydrogen-bond donors (Lipinski definition) is 2. The zero-order chi connectivity index (χ0) is 13.3. The maximum Gasteiger partial charge on any atom is 0.319 e. The van der Waals surface area contributed by atoms with E-state index in [2.05, 4.69) is 22.2 Å². The SMILES string of the molecule is CN1CCN(C)C(CNC(=O)C2(C(=O)O)CC2)C1. The van der Waals surface area contributed by atoms with Crippen LogP contribution in [0.3, 0.4) is 0 Å². The van der Waals surface area contributed by atoms with Gasteiger partial charge in [0.15, 0.2) is 0 Å². The Labute approximate surface area is 107 Å². The van der Waals surface area contributed by atoms with Crippen LogP contribution in [0.1, 0.15) is 12.8 Å². The number of amides is 1. The second-order valence-electron chi connectivity index (χ2n) is 5.49. The third kappa shape index (κ3) is 2.49. The molecule has 2 fully saturated rings.